The molecule has 2 N–H and O–H groups in total. The first kappa shape index (κ1) is 87.5. The summed E-state index contributed by atoms with van der Waals surface area (Å²) in [5.41, 5.74) is 22.0. The number of benzene rings is 6. The van der Waals surface area contributed by atoms with Gasteiger partial charge in [-0.25, -0.2) is 0 Å². The SMILES string of the molecule is C.CCCCC(CC)CN1C(=O)/C(=C2/C(=O)N(CC(CC)CCCC)c3cc(Br)ccc32)c2ccc(Br)cc21.CCCCCCCCc1ccc(N(C)c2ccc3c(c2)N(CC(CC)CCCC)C(=O)/C3=C2/C(=O)N(CC(CC)CCCC)c3cc(C)ccc32)cc1.CCCCCCCCc1ccc(N)cc1. The van der Waals surface area contributed by atoms with E-state index >= 15 is 0 Å². The number of carbonyl (C=O) groups excluding carboxylic acids is 4. The highest BCUT2D eigenvalue weighted by Gasteiger charge is 2.45. The van der Waals surface area contributed by atoms with Gasteiger partial charge in [-0.1, -0.05) is 298 Å². The van der Waals surface area contributed by atoms with Gasteiger partial charge in [-0.2, -0.15) is 0 Å². The van der Waals surface area contributed by atoms with E-state index in [1.807, 2.05) is 68.1 Å². The second-order valence-electron chi connectivity index (χ2n) is 30.9. The highest BCUT2D eigenvalue weighted by Crippen LogP contribution is 2.51. The Balaban J connectivity index is 0.000000256. The summed E-state index contributed by atoms with van der Waals surface area (Å²) in [4.78, 5) is 68.0. The maximum atomic E-state index is 14.9. The third-order valence-corrected chi connectivity index (χ3v) is 23.9. The first-order valence-electron chi connectivity index (χ1n) is 41.7. The number of carbonyl (C=O) groups is 4. The number of rotatable bonds is 40. The van der Waals surface area contributed by atoms with Crippen LogP contribution in [0.15, 0.2) is 130 Å². The fourth-order valence-electron chi connectivity index (χ4n) is 15.9. The Labute approximate surface area is 664 Å². The lowest BCUT2D eigenvalue weighted by Crippen LogP contribution is -2.34. The molecule has 0 spiro atoms. The molecule has 0 aromatic heterocycles. The van der Waals surface area contributed by atoms with E-state index in [2.05, 4.69) is 193 Å². The lowest BCUT2D eigenvalue weighted by Gasteiger charge is -2.25. The molecular formula is C95H134Br2N6O4. The standard InChI is InChI=1S/C48H67N3O2.C32H40Br2N2O2.C14H23N.CH4/c1-8-13-16-17-18-19-22-38-24-26-39(27-25-38)49(7)40-28-30-42-44(32-40)51(34-37(12-5)21-15-10-3)48(53)46(42)45-41-29-23-35(6)31-43(41)50(47(45)52)33-36(11-4)20-14-9-2;1-5-9-11-21(7-3)19-35-27-17-23(33)13-15-25(27)29(31(35)37)30-26-16-14-24(34)18-28(26)36(32(30)38)20-22(8-4)12-10-6-2;1-2-3-4-5-6-7-8-13-9-11-14(15)12-10-13;/h23-32,36-37H,8-22,33-34H2,1-7H3;13-18,21-22H,5-12,19-20H2,1-4H3;9-12H,2-8,15H2,1H3;1H4/b46-45+;30-29+;;. The first-order chi connectivity index (χ1) is 51.4. The Kier molecular flexibility index (Phi) is 36.6. The average Bonchev–Trinajstić information content (AvgIpc) is 1.58. The number of fused-ring (bicyclic) bond motifs is 4. The molecule has 10 nitrogen and oxygen atoms in total. The highest BCUT2D eigenvalue weighted by atomic mass is 79.9. The van der Waals surface area contributed by atoms with E-state index in [0.29, 0.717) is 72.1 Å². The van der Waals surface area contributed by atoms with Crippen LogP contribution in [0.5, 0.6) is 0 Å². The number of nitrogens with two attached hydrogens (primary N) is 1. The van der Waals surface area contributed by atoms with E-state index in [-0.39, 0.29) is 31.1 Å². The van der Waals surface area contributed by atoms with Gasteiger partial charge in [-0.15, -0.1) is 0 Å². The van der Waals surface area contributed by atoms with Crippen LogP contribution in [0.2, 0.25) is 0 Å². The lowest BCUT2D eigenvalue weighted by atomic mass is 9.95. The molecule has 4 aliphatic heterocycles. The predicted molar refractivity (Wildman–Crippen MR) is 468 cm³/mol. The molecule has 12 heteroatoms. The predicted octanol–water partition coefficient (Wildman–Crippen LogP) is 26.8. The van der Waals surface area contributed by atoms with Crippen molar-refractivity contribution in [1.29, 1.82) is 0 Å². The molecule has 4 aliphatic rings. The number of halogens is 2. The Morgan fingerprint density at radius 3 is 0.981 bits per heavy atom. The van der Waals surface area contributed by atoms with Crippen molar-refractivity contribution in [3.8, 4) is 0 Å². The van der Waals surface area contributed by atoms with Gasteiger partial charge in [0.2, 0.25) is 0 Å². The zero-order valence-corrected chi connectivity index (χ0v) is 70.3. The van der Waals surface area contributed by atoms with E-state index in [1.54, 1.807) is 0 Å². The third-order valence-electron chi connectivity index (χ3n) is 22.9. The van der Waals surface area contributed by atoms with Crippen LogP contribution in [0.3, 0.4) is 0 Å². The summed E-state index contributed by atoms with van der Waals surface area (Å²) < 4.78 is 1.87. The minimum Gasteiger partial charge on any atom is -0.399 e. The molecule has 0 aliphatic carbocycles. The van der Waals surface area contributed by atoms with E-state index in [9.17, 15) is 19.2 Å². The zero-order chi connectivity index (χ0) is 76.2. The smallest absolute Gasteiger partial charge is 0.259 e. The van der Waals surface area contributed by atoms with Crippen molar-refractivity contribution in [1.82, 2.24) is 0 Å². The van der Waals surface area contributed by atoms with E-state index in [4.69, 9.17) is 5.73 Å². The summed E-state index contributed by atoms with van der Waals surface area (Å²) in [6.45, 7) is 27.1. The fraction of sp³-hybridized carbons (Fsp3) is 0.537. The number of unbranched alkanes of at least 4 members (excludes halogenated alkanes) is 14. The molecule has 0 radical (unpaired) electrons. The molecule has 0 saturated carbocycles. The molecule has 0 bridgehead atoms. The number of anilines is 7. The second kappa shape index (κ2) is 44.8. The van der Waals surface area contributed by atoms with Crippen molar-refractivity contribution < 1.29 is 19.2 Å². The van der Waals surface area contributed by atoms with E-state index < -0.39 is 0 Å². The fourth-order valence-corrected chi connectivity index (χ4v) is 16.6. The van der Waals surface area contributed by atoms with Crippen LogP contribution in [0.1, 0.15) is 295 Å². The van der Waals surface area contributed by atoms with Gasteiger partial charge >= 0.3 is 0 Å². The minimum atomic E-state index is -0.0508. The van der Waals surface area contributed by atoms with Crippen LogP contribution in [0, 0.1) is 30.6 Å². The van der Waals surface area contributed by atoms with E-state index in [0.717, 1.165) is 186 Å². The van der Waals surface area contributed by atoms with Crippen LogP contribution in [-0.4, -0.2) is 56.9 Å². The molecule has 4 unspecified atom stereocenters. The maximum Gasteiger partial charge on any atom is 0.259 e. The maximum absolute atomic E-state index is 14.9. The average molecular weight is 1580 g/mol. The molecule has 0 fully saturated rings. The molecule has 582 valence electrons. The number of hydrogen-bond donors (Lipinski definition) is 1. The van der Waals surface area contributed by atoms with Gasteiger partial charge < -0.3 is 30.2 Å². The topological polar surface area (TPSA) is 110 Å². The molecule has 10 rings (SSSR count). The number of aryl methyl sites for hydroxylation is 3. The van der Waals surface area contributed by atoms with Crippen LogP contribution in [0.25, 0.3) is 22.3 Å². The number of amides is 4. The van der Waals surface area contributed by atoms with Crippen molar-refractivity contribution in [2.75, 3.05) is 63.5 Å². The Bertz CT molecular complexity index is 3780. The lowest BCUT2D eigenvalue weighted by molar-refractivity contribution is -0.114. The third kappa shape index (κ3) is 23.2. The van der Waals surface area contributed by atoms with Crippen LogP contribution < -0.4 is 30.2 Å². The van der Waals surface area contributed by atoms with Crippen LogP contribution >= 0.6 is 31.9 Å². The molecular weight excluding hydrogens is 1450 g/mol. The van der Waals surface area contributed by atoms with Gasteiger partial charge in [-0.05, 0) is 171 Å². The van der Waals surface area contributed by atoms with Gasteiger partial charge in [0, 0.05) is 81.5 Å². The van der Waals surface area contributed by atoms with Gasteiger partial charge in [-0.3, -0.25) is 19.2 Å². The summed E-state index contributed by atoms with van der Waals surface area (Å²) >= 11 is 7.23. The Morgan fingerprint density at radius 1 is 0.346 bits per heavy atom. The van der Waals surface area contributed by atoms with Gasteiger partial charge in [0.25, 0.3) is 23.6 Å². The number of nitrogens with zero attached hydrogens (tertiary/aromatic N) is 5. The molecule has 4 amide bonds. The van der Waals surface area contributed by atoms with Crippen molar-refractivity contribution in [2.45, 2.75) is 276 Å². The van der Waals surface area contributed by atoms with Crippen molar-refractivity contribution in [3.05, 3.63) is 169 Å². The van der Waals surface area contributed by atoms with E-state index in [1.165, 1.54) is 94.6 Å². The summed E-state index contributed by atoms with van der Waals surface area (Å²) in [5.74, 6) is 1.50. The minimum absolute atomic E-state index is 0. The first-order valence-corrected chi connectivity index (χ1v) is 43.3. The molecule has 4 heterocycles. The summed E-state index contributed by atoms with van der Waals surface area (Å²) in [6.07, 6.45) is 36.1. The number of nitrogen functional groups attached to an aromatic ring is 1. The summed E-state index contributed by atoms with van der Waals surface area (Å²) in [5, 5.41) is 0. The largest absolute Gasteiger partial charge is 0.399 e. The summed E-state index contributed by atoms with van der Waals surface area (Å²) in [7, 11) is 2.11. The molecule has 6 aromatic rings. The van der Waals surface area contributed by atoms with Gasteiger partial charge in [0.1, 0.15) is 0 Å². The second-order valence-corrected chi connectivity index (χ2v) is 32.7. The Hall–Kier alpha value is -6.76. The van der Waals surface area contributed by atoms with Gasteiger partial charge in [0.15, 0.2) is 0 Å². The molecule has 0 saturated heterocycles. The van der Waals surface area contributed by atoms with Crippen LogP contribution in [-0.2, 0) is 32.0 Å². The van der Waals surface area contributed by atoms with Crippen molar-refractivity contribution in [3.63, 3.8) is 0 Å². The van der Waals surface area contributed by atoms with Crippen LogP contribution in [0.4, 0.5) is 39.8 Å². The summed E-state index contributed by atoms with van der Waals surface area (Å²) in [6, 6.07) is 42.0. The quantitative estimate of drug-likeness (QED) is 0.0233. The molecule has 6 aromatic carbocycles. The van der Waals surface area contributed by atoms with Crippen molar-refractivity contribution >= 4 is 118 Å². The zero-order valence-electron chi connectivity index (χ0n) is 67.1. The molecule has 4 atom stereocenters. The highest BCUT2D eigenvalue weighted by molar-refractivity contribution is 9.10. The monoisotopic (exact) mass is 1580 g/mol. The molecule has 107 heavy (non-hydrogen) atoms. The normalized spacial score (nSPS) is 16.1. The van der Waals surface area contributed by atoms with Crippen molar-refractivity contribution in [2.24, 2.45) is 23.7 Å². The number of hydrogen-bond acceptors (Lipinski definition) is 6. The van der Waals surface area contributed by atoms with Gasteiger partial charge in [0.05, 0.1) is 45.0 Å². The Morgan fingerprint density at radius 2 is 0.636 bits per heavy atom.